The molecule has 3 rings (SSSR count). The summed E-state index contributed by atoms with van der Waals surface area (Å²) in [6, 6.07) is 15.8. The molecule has 0 aliphatic carbocycles. The first-order valence-electron chi connectivity index (χ1n) is 9.72. The number of benzene rings is 2. The highest BCUT2D eigenvalue weighted by Crippen LogP contribution is 2.12. The number of aromatic nitrogens is 3. The van der Waals surface area contributed by atoms with Crippen LogP contribution < -0.4 is 20.1 Å². The van der Waals surface area contributed by atoms with Gasteiger partial charge in [0.1, 0.15) is 17.3 Å². The Labute approximate surface area is 177 Å². The Bertz CT molecular complexity index is 964. The summed E-state index contributed by atoms with van der Waals surface area (Å²) >= 11 is 0. The Morgan fingerprint density at radius 2 is 1.43 bits per heavy atom. The molecule has 8 nitrogen and oxygen atoms in total. The fourth-order valence-corrected chi connectivity index (χ4v) is 2.77. The summed E-state index contributed by atoms with van der Waals surface area (Å²) in [4.78, 5) is 4.72. The van der Waals surface area contributed by atoms with Crippen LogP contribution in [0.5, 0.6) is 11.5 Å². The first-order chi connectivity index (χ1) is 14.6. The number of guanidine groups is 1. The van der Waals surface area contributed by atoms with E-state index in [2.05, 4.69) is 20.8 Å². The lowest BCUT2D eigenvalue weighted by atomic mass is 10.2. The number of methoxy groups -OCH3 is 2. The lowest BCUT2D eigenvalue weighted by Crippen LogP contribution is -2.37. The first-order valence-corrected chi connectivity index (χ1v) is 9.72. The molecular weight excluding hydrogens is 380 g/mol. The van der Waals surface area contributed by atoms with Gasteiger partial charge in [-0.25, -0.2) is 4.99 Å². The van der Waals surface area contributed by atoms with Crippen molar-refractivity contribution in [3.8, 4) is 11.5 Å². The topological polar surface area (TPSA) is 85.6 Å². The molecule has 0 saturated heterocycles. The summed E-state index contributed by atoms with van der Waals surface area (Å²) in [5.41, 5.74) is 2.22. The van der Waals surface area contributed by atoms with Gasteiger partial charge in [0.05, 0.1) is 27.3 Å². The number of hydrogen-bond donors (Lipinski definition) is 2. The molecule has 0 amide bonds. The largest absolute Gasteiger partial charge is 0.497 e. The monoisotopic (exact) mass is 408 g/mol. The number of rotatable bonds is 8. The smallest absolute Gasteiger partial charge is 0.192 e. The van der Waals surface area contributed by atoms with Crippen molar-refractivity contribution in [3.05, 3.63) is 71.3 Å². The number of aryl methyl sites for hydroxylation is 1. The molecule has 0 bridgehead atoms. The zero-order valence-electron chi connectivity index (χ0n) is 17.8. The van der Waals surface area contributed by atoms with E-state index < -0.39 is 0 Å². The average Bonchev–Trinajstić information content (AvgIpc) is 3.11. The number of nitrogens with zero attached hydrogens (tertiary/aromatic N) is 4. The van der Waals surface area contributed by atoms with Gasteiger partial charge in [-0.2, -0.15) is 0 Å². The summed E-state index contributed by atoms with van der Waals surface area (Å²) in [6.07, 6.45) is 0. The summed E-state index contributed by atoms with van der Waals surface area (Å²) in [5, 5.41) is 15.0. The van der Waals surface area contributed by atoms with Crippen molar-refractivity contribution in [2.24, 2.45) is 12.0 Å². The molecule has 0 spiro atoms. The summed E-state index contributed by atoms with van der Waals surface area (Å²) in [5.74, 6) is 4.08. The Hall–Kier alpha value is -3.55. The molecule has 0 aliphatic heterocycles. The minimum absolute atomic E-state index is 0.522. The standard InChI is InChI=1S/C22H28N6O2/c1-16-26-27-21(28(16)2)15-25-22(23-13-17-5-9-19(29-3)10-6-17)24-14-18-7-11-20(30-4)12-8-18/h5-12H,13-15H2,1-4H3,(H2,23,24,25). The van der Waals surface area contributed by atoms with E-state index in [0.717, 1.165) is 34.3 Å². The van der Waals surface area contributed by atoms with E-state index in [1.54, 1.807) is 14.2 Å². The highest BCUT2D eigenvalue weighted by molar-refractivity contribution is 5.79. The van der Waals surface area contributed by atoms with Crippen LogP contribution in [-0.4, -0.2) is 34.9 Å². The van der Waals surface area contributed by atoms with Crippen molar-refractivity contribution < 1.29 is 9.47 Å². The van der Waals surface area contributed by atoms with Crippen molar-refractivity contribution in [2.75, 3.05) is 14.2 Å². The van der Waals surface area contributed by atoms with Gasteiger partial charge in [0.2, 0.25) is 0 Å². The van der Waals surface area contributed by atoms with Crippen molar-refractivity contribution in [2.45, 2.75) is 26.6 Å². The third-order valence-electron chi connectivity index (χ3n) is 4.79. The quantitative estimate of drug-likeness (QED) is 0.440. The van der Waals surface area contributed by atoms with Crippen molar-refractivity contribution in [1.29, 1.82) is 0 Å². The van der Waals surface area contributed by atoms with Gasteiger partial charge in [0, 0.05) is 13.6 Å². The third kappa shape index (κ3) is 5.73. The van der Waals surface area contributed by atoms with Gasteiger partial charge in [0.15, 0.2) is 11.8 Å². The molecule has 2 N–H and O–H groups in total. The van der Waals surface area contributed by atoms with Gasteiger partial charge in [-0.3, -0.25) is 0 Å². The second-order valence-electron chi connectivity index (χ2n) is 6.79. The van der Waals surface area contributed by atoms with Crippen molar-refractivity contribution in [3.63, 3.8) is 0 Å². The molecule has 0 radical (unpaired) electrons. The van der Waals surface area contributed by atoms with Crippen LogP contribution >= 0.6 is 0 Å². The third-order valence-corrected chi connectivity index (χ3v) is 4.79. The lowest BCUT2D eigenvalue weighted by Gasteiger charge is -2.13. The van der Waals surface area contributed by atoms with Gasteiger partial charge in [-0.15, -0.1) is 10.2 Å². The molecule has 0 atom stereocenters. The van der Waals surface area contributed by atoms with E-state index in [1.807, 2.05) is 67.1 Å². The second-order valence-corrected chi connectivity index (χ2v) is 6.79. The van der Waals surface area contributed by atoms with Crippen LogP contribution in [0.4, 0.5) is 0 Å². The molecule has 1 heterocycles. The normalized spacial score (nSPS) is 11.3. The van der Waals surface area contributed by atoms with Crippen molar-refractivity contribution >= 4 is 5.96 Å². The van der Waals surface area contributed by atoms with Crippen LogP contribution in [0.3, 0.4) is 0 Å². The van der Waals surface area contributed by atoms with Gasteiger partial charge < -0.3 is 24.7 Å². The molecule has 3 aromatic rings. The summed E-state index contributed by atoms with van der Waals surface area (Å²) in [6.45, 7) is 3.63. The van der Waals surface area contributed by atoms with Gasteiger partial charge >= 0.3 is 0 Å². The van der Waals surface area contributed by atoms with Gasteiger partial charge in [-0.05, 0) is 42.3 Å². The number of hydrogen-bond acceptors (Lipinski definition) is 5. The van der Waals surface area contributed by atoms with E-state index in [1.165, 1.54) is 0 Å². The summed E-state index contributed by atoms with van der Waals surface area (Å²) in [7, 11) is 5.27. The van der Waals surface area contributed by atoms with Gasteiger partial charge in [-0.1, -0.05) is 24.3 Å². The maximum absolute atomic E-state index is 5.22. The second kappa shape index (κ2) is 10.3. The highest BCUT2D eigenvalue weighted by atomic mass is 16.5. The Morgan fingerprint density at radius 1 is 0.867 bits per heavy atom. The Morgan fingerprint density at radius 3 is 1.97 bits per heavy atom. The molecule has 0 saturated carbocycles. The molecule has 0 unspecified atom stereocenters. The minimum Gasteiger partial charge on any atom is -0.497 e. The maximum atomic E-state index is 5.22. The van der Waals surface area contributed by atoms with E-state index in [4.69, 9.17) is 14.5 Å². The predicted molar refractivity (Wildman–Crippen MR) is 117 cm³/mol. The first kappa shape index (κ1) is 21.2. The SMILES string of the molecule is COc1ccc(CN=C(NCc2ccc(OC)cc2)NCc2nnc(C)n2C)cc1. The average molecular weight is 409 g/mol. The Kier molecular flexibility index (Phi) is 7.26. The van der Waals surface area contributed by atoms with Crippen LogP contribution in [0.15, 0.2) is 53.5 Å². The van der Waals surface area contributed by atoms with E-state index >= 15 is 0 Å². The highest BCUT2D eigenvalue weighted by Gasteiger charge is 2.07. The van der Waals surface area contributed by atoms with Crippen LogP contribution in [0.25, 0.3) is 0 Å². The van der Waals surface area contributed by atoms with Crippen LogP contribution in [0, 0.1) is 6.92 Å². The fourth-order valence-electron chi connectivity index (χ4n) is 2.77. The van der Waals surface area contributed by atoms with Crippen molar-refractivity contribution in [1.82, 2.24) is 25.4 Å². The maximum Gasteiger partial charge on any atom is 0.192 e. The zero-order valence-corrected chi connectivity index (χ0v) is 17.8. The van der Waals surface area contributed by atoms with E-state index in [-0.39, 0.29) is 0 Å². The number of ether oxygens (including phenoxy) is 2. The zero-order chi connectivity index (χ0) is 21.3. The van der Waals surface area contributed by atoms with E-state index in [0.29, 0.717) is 25.6 Å². The van der Waals surface area contributed by atoms with Gasteiger partial charge in [0.25, 0.3) is 0 Å². The molecular formula is C22H28N6O2. The molecule has 158 valence electrons. The number of nitrogens with one attached hydrogen (secondary N) is 2. The molecule has 0 fully saturated rings. The van der Waals surface area contributed by atoms with Crippen LogP contribution in [0.1, 0.15) is 22.8 Å². The number of aliphatic imine (C=N–C) groups is 1. The minimum atomic E-state index is 0.522. The molecule has 2 aromatic carbocycles. The molecule has 8 heteroatoms. The predicted octanol–water partition coefficient (Wildman–Crippen LogP) is 2.58. The molecule has 0 aliphatic rings. The summed E-state index contributed by atoms with van der Waals surface area (Å²) < 4.78 is 12.4. The Balaban J connectivity index is 1.67. The van der Waals surface area contributed by atoms with E-state index in [9.17, 15) is 0 Å². The molecule has 30 heavy (non-hydrogen) atoms. The van der Waals surface area contributed by atoms with Crippen LogP contribution in [0.2, 0.25) is 0 Å². The fraction of sp³-hybridized carbons (Fsp3) is 0.318. The molecule has 1 aromatic heterocycles. The lowest BCUT2D eigenvalue weighted by molar-refractivity contribution is 0.414. The van der Waals surface area contributed by atoms with Crippen LogP contribution in [-0.2, 0) is 26.7 Å².